The first-order valence-corrected chi connectivity index (χ1v) is 5.51. The fraction of sp³-hybridized carbons (Fsp3) is 0.0769. The van der Waals surface area contributed by atoms with Gasteiger partial charge in [0.25, 0.3) is 0 Å². The second-order valence-electron chi connectivity index (χ2n) is 3.93. The van der Waals surface area contributed by atoms with E-state index in [1.807, 2.05) is 0 Å². The standard InChI is InChI=1S/C13H7F4NO3/c14-11-5-9(12(19)20)10(6-18-11)7-1-3-8(4-2-7)21-13(15,16)17/h1-6H,(H,19,20). The minimum absolute atomic E-state index is 0.0856. The average Bonchev–Trinajstić information content (AvgIpc) is 2.38. The maximum atomic E-state index is 13.0. The minimum atomic E-state index is -4.81. The number of aromatic nitrogens is 1. The van der Waals surface area contributed by atoms with E-state index >= 15 is 0 Å². The highest BCUT2D eigenvalue weighted by molar-refractivity contribution is 5.95. The van der Waals surface area contributed by atoms with Crippen LogP contribution >= 0.6 is 0 Å². The van der Waals surface area contributed by atoms with Crippen LogP contribution in [-0.4, -0.2) is 22.4 Å². The molecule has 0 bridgehead atoms. The van der Waals surface area contributed by atoms with Crippen molar-refractivity contribution in [2.75, 3.05) is 0 Å². The van der Waals surface area contributed by atoms with E-state index in [0.29, 0.717) is 0 Å². The Morgan fingerprint density at radius 3 is 2.33 bits per heavy atom. The second kappa shape index (κ2) is 5.39. The van der Waals surface area contributed by atoms with Gasteiger partial charge in [-0.15, -0.1) is 13.2 Å². The van der Waals surface area contributed by atoms with E-state index in [2.05, 4.69) is 9.72 Å². The number of pyridine rings is 1. The van der Waals surface area contributed by atoms with E-state index in [1.165, 1.54) is 12.1 Å². The van der Waals surface area contributed by atoms with Gasteiger partial charge in [-0.05, 0) is 17.7 Å². The number of aromatic carboxylic acids is 1. The molecule has 0 saturated carbocycles. The van der Waals surface area contributed by atoms with Crippen molar-refractivity contribution in [2.45, 2.75) is 6.36 Å². The van der Waals surface area contributed by atoms with Crippen LogP contribution in [0.1, 0.15) is 10.4 Å². The number of benzene rings is 1. The Morgan fingerprint density at radius 1 is 1.19 bits per heavy atom. The molecule has 2 aromatic rings. The second-order valence-corrected chi connectivity index (χ2v) is 3.93. The summed E-state index contributed by atoms with van der Waals surface area (Å²) in [5.74, 6) is -2.78. The summed E-state index contributed by atoms with van der Waals surface area (Å²) in [6, 6.07) is 5.23. The van der Waals surface area contributed by atoms with Crippen LogP contribution < -0.4 is 4.74 Å². The predicted molar refractivity (Wildman–Crippen MR) is 63.3 cm³/mol. The lowest BCUT2D eigenvalue weighted by molar-refractivity contribution is -0.274. The third-order valence-corrected chi connectivity index (χ3v) is 2.50. The highest BCUT2D eigenvalue weighted by Gasteiger charge is 2.31. The van der Waals surface area contributed by atoms with Crippen LogP contribution in [0.15, 0.2) is 36.5 Å². The van der Waals surface area contributed by atoms with Crippen molar-refractivity contribution in [3.63, 3.8) is 0 Å². The van der Waals surface area contributed by atoms with Gasteiger partial charge in [0.05, 0.1) is 5.56 Å². The van der Waals surface area contributed by atoms with Gasteiger partial charge in [0.15, 0.2) is 0 Å². The molecule has 0 fully saturated rings. The first-order chi connectivity index (χ1) is 9.76. The fourth-order valence-corrected chi connectivity index (χ4v) is 1.67. The molecule has 1 aromatic heterocycles. The Labute approximate surface area is 115 Å². The third-order valence-electron chi connectivity index (χ3n) is 2.50. The Bertz CT molecular complexity index is 668. The first kappa shape index (κ1) is 14.8. The summed E-state index contributed by atoms with van der Waals surface area (Å²) >= 11 is 0. The van der Waals surface area contributed by atoms with Crippen LogP contribution in [0.25, 0.3) is 11.1 Å². The van der Waals surface area contributed by atoms with Gasteiger partial charge in [-0.1, -0.05) is 12.1 Å². The molecule has 110 valence electrons. The number of carbonyl (C=O) groups is 1. The molecule has 1 heterocycles. The van der Waals surface area contributed by atoms with E-state index in [1.54, 1.807) is 0 Å². The van der Waals surface area contributed by atoms with E-state index in [0.717, 1.165) is 24.4 Å². The molecule has 0 saturated heterocycles. The average molecular weight is 301 g/mol. The zero-order valence-corrected chi connectivity index (χ0v) is 10.2. The minimum Gasteiger partial charge on any atom is -0.478 e. The number of ether oxygens (including phenoxy) is 1. The lowest BCUT2D eigenvalue weighted by atomic mass is 10.0. The van der Waals surface area contributed by atoms with E-state index in [9.17, 15) is 22.4 Å². The van der Waals surface area contributed by atoms with Gasteiger partial charge in [-0.25, -0.2) is 9.78 Å². The van der Waals surface area contributed by atoms with Crippen LogP contribution in [0.3, 0.4) is 0 Å². The summed E-state index contributed by atoms with van der Waals surface area (Å²) in [5.41, 5.74) is 0.0175. The van der Waals surface area contributed by atoms with E-state index < -0.39 is 24.0 Å². The number of halogens is 4. The molecule has 0 amide bonds. The van der Waals surface area contributed by atoms with Gasteiger partial charge >= 0.3 is 12.3 Å². The van der Waals surface area contributed by atoms with Crippen LogP contribution in [0.4, 0.5) is 17.6 Å². The summed E-state index contributed by atoms with van der Waals surface area (Å²) in [5, 5.41) is 8.99. The molecule has 8 heteroatoms. The van der Waals surface area contributed by atoms with Gasteiger partial charge in [-0.2, -0.15) is 4.39 Å². The molecule has 0 aliphatic rings. The zero-order chi connectivity index (χ0) is 15.6. The lowest BCUT2D eigenvalue weighted by Crippen LogP contribution is -2.16. The molecule has 0 atom stereocenters. The molecule has 0 aliphatic carbocycles. The number of rotatable bonds is 3. The number of carboxylic acids is 1. The van der Waals surface area contributed by atoms with Gasteiger partial charge in [0.2, 0.25) is 5.95 Å². The molecule has 0 unspecified atom stereocenters. The Kier molecular flexibility index (Phi) is 3.79. The smallest absolute Gasteiger partial charge is 0.478 e. The Morgan fingerprint density at radius 2 is 1.81 bits per heavy atom. The van der Waals surface area contributed by atoms with Crippen molar-refractivity contribution in [1.29, 1.82) is 0 Å². The molecule has 1 aromatic carbocycles. The predicted octanol–water partition coefficient (Wildman–Crippen LogP) is 3.48. The molecular weight excluding hydrogens is 294 g/mol. The zero-order valence-electron chi connectivity index (χ0n) is 10.2. The van der Waals surface area contributed by atoms with Gasteiger partial charge in [0, 0.05) is 17.8 Å². The first-order valence-electron chi connectivity index (χ1n) is 5.51. The number of hydrogen-bond acceptors (Lipinski definition) is 3. The van der Waals surface area contributed by atoms with E-state index in [4.69, 9.17) is 5.11 Å². The monoisotopic (exact) mass is 301 g/mol. The Balaban J connectivity index is 2.37. The summed E-state index contributed by atoms with van der Waals surface area (Å²) in [6.45, 7) is 0. The summed E-state index contributed by atoms with van der Waals surface area (Å²) < 4.78 is 52.7. The highest BCUT2D eigenvalue weighted by Crippen LogP contribution is 2.28. The molecule has 2 rings (SSSR count). The van der Waals surface area contributed by atoms with Crippen molar-refractivity contribution < 1.29 is 32.2 Å². The SMILES string of the molecule is O=C(O)c1cc(F)ncc1-c1ccc(OC(F)(F)F)cc1. The maximum Gasteiger partial charge on any atom is 0.573 e. The fourth-order valence-electron chi connectivity index (χ4n) is 1.67. The van der Waals surface area contributed by atoms with Gasteiger partial charge < -0.3 is 9.84 Å². The molecule has 0 spiro atoms. The third kappa shape index (κ3) is 3.68. The van der Waals surface area contributed by atoms with Crippen LogP contribution in [0, 0.1) is 5.95 Å². The number of nitrogens with zero attached hydrogens (tertiary/aromatic N) is 1. The Hall–Kier alpha value is -2.64. The van der Waals surface area contributed by atoms with Crippen LogP contribution in [0.2, 0.25) is 0 Å². The molecule has 4 nitrogen and oxygen atoms in total. The van der Waals surface area contributed by atoms with Crippen molar-refractivity contribution in [2.24, 2.45) is 0 Å². The summed E-state index contributed by atoms with van der Waals surface area (Å²) in [4.78, 5) is 14.4. The number of hydrogen-bond donors (Lipinski definition) is 1. The molecule has 0 radical (unpaired) electrons. The van der Waals surface area contributed by atoms with Crippen molar-refractivity contribution in [1.82, 2.24) is 4.98 Å². The largest absolute Gasteiger partial charge is 0.573 e. The van der Waals surface area contributed by atoms with Crippen molar-refractivity contribution in [3.05, 3.63) is 48.0 Å². The molecule has 0 aliphatic heterocycles. The maximum absolute atomic E-state index is 13.0. The van der Waals surface area contributed by atoms with Gasteiger partial charge in [0.1, 0.15) is 5.75 Å². The normalized spacial score (nSPS) is 11.2. The molecular formula is C13H7F4NO3. The van der Waals surface area contributed by atoms with E-state index in [-0.39, 0.29) is 16.7 Å². The quantitative estimate of drug-likeness (QED) is 0.696. The molecule has 21 heavy (non-hydrogen) atoms. The summed E-state index contributed by atoms with van der Waals surface area (Å²) in [7, 11) is 0. The topological polar surface area (TPSA) is 59.4 Å². The summed E-state index contributed by atoms with van der Waals surface area (Å²) in [6.07, 6.45) is -3.82. The van der Waals surface area contributed by atoms with Crippen molar-refractivity contribution >= 4 is 5.97 Å². The van der Waals surface area contributed by atoms with Gasteiger partial charge in [-0.3, -0.25) is 0 Å². The highest BCUT2D eigenvalue weighted by atomic mass is 19.4. The van der Waals surface area contributed by atoms with Crippen LogP contribution in [-0.2, 0) is 0 Å². The van der Waals surface area contributed by atoms with Crippen molar-refractivity contribution in [3.8, 4) is 16.9 Å². The lowest BCUT2D eigenvalue weighted by Gasteiger charge is -2.10. The molecule has 1 N–H and O–H groups in total. The number of carboxylic acid groups (broad SMARTS) is 1. The number of alkyl halides is 3. The van der Waals surface area contributed by atoms with Crippen LogP contribution in [0.5, 0.6) is 5.75 Å².